The lowest BCUT2D eigenvalue weighted by molar-refractivity contribution is 0.0925. The van der Waals surface area contributed by atoms with Crippen molar-refractivity contribution in [3.63, 3.8) is 0 Å². The van der Waals surface area contributed by atoms with Crippen molar-refractivity contribution in [2.45, 2.75) is 26.7 Å². The standard InChI is InChI=1S/C14H21FN2O2/c1-3-14(4-2,8-16)9-17-13(19)11-6-5-10(15)7-12(11)18/h5-7,18H,3-4,8-9,16H2,1-2H3,(H,17,19). The van der Waals surface area contributed by atoms with E-state index >= 15 is 0 Å². The van der Waals surface area contributed by atoms with E-state index < -0.39 is 11.7 Å². The van der Waals surface area contributed by atoms with E-state index in [0.717, 1.165) is 25.0 Å². The minimum Gasteiger partial charge on any atom is -0.507 e. The Balaban J connectivity index is 2.75. The van der Waals surface area contributed by atoms with Crippen LogP contribution in [0.2, 0.25) is 0 Å². The summed E-state index contributed by atoms with van der Waals surface area (Å²) in [6.07, 6.45) is 1.71. The number of nitrogens with one attached hydrogen (secondary N) is 1. The van der Waals surface area contributed by atoms with Crippen LogP contribution in [-0.4, -0.2) is 24.1 Å². The number of halogens is 1. The molecule has 4 N–H and O–H groups in total. The Morgan fingerprint density at radius 3 is 2.53 bits per heavy atom. The summed E-state index contributed by atoms with van der Waals surface area (Å²) >= 11 is 0. The summed E-state index contributed by atoms with van der Waals surface area (Å²) < 4.78 is 12.8. The van der Waals surface area contributed by atoms with E-state index in [4.69, 9.17) is 5.73 Å². The first-order chi connectivity index (χ1) is 8.98. The number of benzene rings is 1. The van der Waals surface area contributed by atoms with Gasteiger partial charge in [-0.3, -0.25) is 4.79 Å². The third kappa shape index (κ3) is 3.67. The lowest BCUT2D eigenvalue weighted by Gasteiger charge is -2.30. The lowest BCUT2D eigenvalue weighted by Crippen LogP contribution is -2.41. The summed E-state index contributed by atoms with van der Waals surface area (Å²) in [6, 6.07) is 3.33. The SMILES string of the molecule is CCC(CC)(CN)CNC(=O)c1ccc(F)cc1O. The molecule has 0 radical (unpaired) electrons. The molecule has 4 nitrogen and oxygen atoms in total. The number of carbonyl (C=O) groups is 1. The zero-order valence-corrected chi connectivity index (χ0v) is 11.4. The molecule has 0 aliphatic rings. The molecule has 0 aliphatic heterocycles. The predicted octanol–water partition coefficient (Wildman–Crippen LogP) is 2.03. The molecule has 1 aromatic rings. The number of hydrogen-bond acceptors (Lipinski definition) is 3. The highest BCUT2D eigenvalue weighted by molar-refractivity contribution is 5.96. The van der Waals surface area contributed by atoms with Gasteiger partial charge in [0.1, 0.15) is 11.6 Å². The summed E-state index contributed by atoms with van der Waals surface area (Å²) in [5, 5.41) is 12.3. The van der Waals surface area contributed by atoms with Crippen molar-refractivity contribution in [2.24, 2.45) is 11.1 Å². The second-order valence-electron chi connectivity index (χ2n) is 4.76. The fourth-order valence-corrected chi connectivity index (χ4v) is 1.92. The molecular weight excluding hydrogens is 247 g/mol. The molecule has 0 aromatic heterocycles. The van der Waals surface area contributed by atoms with Gasteiger partial charge >= 0.3 is 0 Å². The maximum atomic E-state index is 12.8. The van der Waals surface area contributed by atoms with E-state index in [-0.39, 0.29) is 16.7 Å². The van der Waals surface area contributed by atoms with Gasteiger partial charge in [0, 0.05) is 12.6 Å². The quantitative estimate of drug-likeness (QED) is 0.739. The minimum absolute atomic E-state index is 0.0690. The lowest BCUT2D eigenvalue weighted by atomic mass is 9.82. The van der Waals surface area contributed by atoms with E-state index in [0.29, 0.717) is 13.1 Å². The van der Waals surface area contributed by atoms with E-state index in [1.807, 2.05) is 13.8 Å². The topological polar surface area (TPSA) is 75.3 Å². The van der Waals surface area contributed by atoms with Gasteiger partial charge < -0.3 is 16.2 Å². The Morgan fingerprint density at radius 2 is 2.05 bits per heavy atom. The molecule has 0 atom stereocenters. The van der Waals surface area contributed by atoms with Gasteiger partial charge in [0.25, 0.3) is 5.91 Å². The van der Waals surface area contributed by atoms with Crippen LogP contribution in [0, 0.1) is 11.2 Å². The van der Waals surface area contributed by atoms with E-state index in [2.05, 4.69) is 5.32 Å². The molecule has 0 saturated carbocycles. The van der Waals surface area contributed by atoms with Gasteiger partial charge in [0.05, 0.1) is 5.56 Å². The molecule has 0 spiro atoms. The molecule has 0 heterocycles. The fourth-order valence-electron chi connectivity index (χ4n) is 1.92. The van der Waals surface area contributed by atoms with Crippen molar-refractivity contribution in [3.8, 4) is 5.75 Å². The highest BCUT2D eigenvalue weighted by Gasteiger charge is 2.25. The molecule has 106 valence electrons. The average molecular weight is 268 g/mol. The van der Waals surface area contributed by atoms with Gasteiger partial charge in [-0.1, -0.05) is 13.8 Å². The highest BCUT2D eigenvalue weighted by Crippen LogP contribution is 2.24. The first-order valence-electron chi connectivity index (χ1n) is 6.44. The van der Waals surface area contributed by atoms with Crippen molar-refractivity contribution in [1.29, 1.82) is 0 Å². The molecule has 0 aliphatic carbocycles. The van der Waals surface area contributed by atoms with Crippen LogP contribution in [0.4, 0.5) is 4.39 Å². The largest absolute Gasteiger partial charge is 0.507 e. The van der Waals surface area contributed by atoms with Gasteiger partial charge in [0.2, 0.25) is 0 Å². The van der Waals surface area contributed by atoms with Crippen LogP contribution >= 0.6 is 0 Å². The zero-order valence-electron chi connectivity index (χ0n) is 11.4. The van der Waals surface area contributed by atoms with E-state index in [9.17, 15) is 14.3 Å². The molecule has 0 fully saturated rings. The third-order valence-electron chi connectivity index (χ3n) is 3.76. The van der Waals surface area contributed by atoms with Gasteiger partial charge in [-0.15, -0.1) is 0 Å². The predicted molar refractivity (Wildman–Crippen MR) is 72.5 cm³/mol. The summed E-state index contributed by atoms with van der Waals surface area (Å²) in [7, 11) is 0. The summed E-state index contributed by atoms with van der Waals surface area (Å²) in [6.45, 7) is 4.97. The van der Waals surface area contributed by atoms with Gasteiger partial charge in [-0.2, -0.15) is 0 Å². The molecule has 1 amide bonds. The minimum atomic E-state index is -0.576. The van der Waals surface area contributed by atoms with E-state index in [1.54, 1.807) is 0 Å². The number of nitrogens with two attached hydrogens (primary N) is 1. The second-order valence-corrected chi connectivity index (χ2v) is 4.76. The second kappa shape index (κ2) is 6.52. The molecule has 1 aromatic carbocycles. The molecule has 0 bridgehead atoms. The van der Waals surface area contributed by atoms with E-state index in [1.165, 1.54) is 6.07 Å². The summed E-state index contributed by atoms with van der Waals surface area (Å²) in [5.74, 6) is -1.35. The van der Waals surface area contributed by atoms with Crippen LogP contribution in [0.5, 0.6) is 5.75 Å². The van der Waals surface area contributed by atoms with Crippen molar-refractivity contribution in [3.05, 3.63) is 29.6 Å². The normalized spacial score (nSPS) is 11.4. The molecular formula is C14H21FN2O2. The maximum absolute atomic E-state index is 12.8. The Kier molecular flexibility index (Phi) is 5.30. The Morgan fingerprint density at radius 1 is 1.42 bits per heavy atom. The maximum Gasteiger partial charge on any atom is 0.255 e. The number of carbonyl (C=O) groups excluding carboxylic acids is 1. The summed E-state index contributed by atoms with van der Waals surface area (Å²) in [4.78, 5) is 11.9. The van der Waals surface area contributed by atoms with Crippen LogP contribution in [0.3, 0.4) is 0 Å². The Bertz CT molecular complexity index is 437. The van der Waals surface area contributed by atoms with Crippen molar-refractivity contribution in [1.82, 2.24) is 5.32 Å². The fraction of sp³-hybridized carbons (Fsp3) is 0.500. The molecule has 0 unspecified atom stereocenters. The molecule has 0 saturated heterocycles. The first-order valence-corrected chi connectivity index (χ1v) is 6.44. The molecule has 19 heavy (non-hydrogen) atoms. The number of aromatic hydroxyl groups is 1. The van der Waals surface area contributed by atoms with Crippen molar-refractivity contribution in [2.75, 3.05) is 13.1 Å². The third-order valence-corrected chi connectivity index (χ3v) is 3.76. The summed E-state index contributed by atoms with van der Waals surface area (Å²) in [5.41, 5.74) is 5.69. The smallest absolute Gasteiger partial charge is 0.255 e. The van der Waals surface area contributed by atoms with Crippen LogP contribution < -0.4 is 11.1 Å². The van der Waals surface area contributed by atoms with Gasteiger partial charge in [-0.05, 0) is 36.9 Å². The molecule has 1 rings (SSSR count). The van der Waals surface area contributed by atoms with Gasteiger partial charge in [-0.25, -0.2) is 4.39 Å². The number of hydrogen-bond donors (Lipinski definition) is 3. The van der Waals surface area contributed by atoms with Crippen LogP contribution in [-0.2, 0) is 0 Å². The zero-order chi connectivity index (χ0) is 14.5. The Labute approximate surface area is 112 Å². The van der Waals surface area contributed by atoms with Crippen molar-refractivity contribution < 1.29 is 14.3 Å². The number of phenols is 1. The van der Waals surface area contributed by atoms with Crippen molar-refractivity contribution >= 4 is 5.91 Å². The number of amides is 1. The van der Waals surface area contributed by atoms with Crippen LogP contribution in [0.1, 0.15) is 37.0 Å². The number of rotatable bonds is 6. The monoisotopic (exact) mass is 268 g/mol. The van der Waals surface area contributed by atoms with Gasteiger partial charge in [0.15, 0.2) is 0 Å². The van der Waals surface area contributed by atoms with Crippen LogP contribution in [0.15, 0.2) is 18.2 Å². The number of phenolic OH excluding ortho intramolecular Hbond substituents is 1. The highest BCUT2D eigenvalue weighted by atomic mass is 19.1. The Hall–Kier alpha value is -1.62. The first kappa shape index (κ1) is 15.4. The molecule has 5 heteroatoms. The van der Waals surface area contributed by atoms with Crippen LogP contribution in [0.25, 0.3) is 0 Å². The average Bonchev–Trinajstić information content (AvgIpc) is 2.40.